The molecular weight excluding hydrogens is 358 g/mol. The van der Waals surface area contributed by atoms with Gasteiger partial charge in [0.05, 0.1) is 39.3 Å². The smallest absolute Gasteiger partial charge is 0.173 e. The highest BCUT2D eigenvalue weighted by atomic mass is 32.2. The standard InChI is InChI=1S/C17H27N3O3S2/c1-19(2)9-5-10-20(15-8-11-25(21,22)13-15)17(24)18-14-6-4-7-16(12-14)23-3/h4,6-7,12,15H,5,8-11,13H2,1-3H3,(H,18,24)/p+1/t15-/m1/s1. The van der Waals surface area contributed by atoms with Crippen LogP contribution in [0.25, 0.3) is 0 Å². The van der Waals surface area contributed by atoms with Gasteiger partial charge in [0.1, 0.15) is 5.75 Å². The quantitative estimate of drug-likeness (QED) is 0.662. The number of anilines is 1. The van der Waals surface area contributed by atoms with Crippen LogP contribution in [0.3, 0.4) is 0 Å². The van der Waals surface area contributed by atoms with Crippen molar-refractivity contribution in [2.45, 2.75) is 18.9 Å². The summed E-state index contributed by atoms with van der Waals surface area (Å²) in [5.41, 5.74) is 0.841. The van der Waals surface area contributed by atoms with E-state index in [0.29, 0.717) is 11.5 Å². The van der Waals surface area contributed by atoms with Crippen molar-refractivity contribution in [2.75, 3.05) is 51.1 Å². The number of hydrogen-bond donors (Lipinski definition) is 2. The van der Waals surface area contributed by atoms with Crippen molar-refractivity contribution in [1.29, 1.82) is 0 Å². The van der Waals surface area contributed by atoms with E-state index in [4.69, 9.17) is 17.0 Å². The Morgan fingerprint density at radius 2 is 2.20 bits per heavy atom. The van der Waals surface area contributed by atoms with Gasteiger partial charge < -0.3 is 19.9 Å². The van der Waals surface area contributed by atoms with Gasteiger partial charge in [-0.25, -0.2) is 8.42 Å². The second-order valence-corrected chi connectivity index (χ2v) is 9.34. The van der Waals surface area contributed by atoms with Crippen LogP contribution in [0.1, 0.15) is 12.8 Å². The van der Waals surface area contributed by atoms with Crippen LogP contribution in [0.4, 0.5) is 5.69 Å². The third kappa shape index (κ3) is 6.13. The second-order valence-electron chi connectivity index (χ2n) is 6.72. The molecule has 0 bridgehead atoms. The first kappa shape index (κ1) is 19.9. The minimum atomic E-state index is -2.95. The van der Waals surface area contributed by atoms with Crippen molar-refractivity contribution in [3.8, 4) is 5.75 Å². The number of ether oxygens (including phenoxy) is 1. The number of methoxy groups -OCH3 is 1. The largest absolute Gasteiger partial charge is 0.497 e. The number of nitrogens with one attached hydrogen (secondary N) is 2. The Labute approximate surface area is 156 Å². The number of quaternary nitrogens is 1. The molecule has 2 rings (SSSR count). The van der Waals surface area contributed by atoms with Crippen LogP contribution in [0.2, 0.25) is 0 Å². The Morgan fingerprint density at radius 3 is 2.80 bits per heavy atom. The van der Waals surface area contributed by atoms with Crippen LogP contribution in [0.15, 0.2) is 24.3 Å². The van der Waals surface area contributed by atoms with Crippen molar-refractivity contribution >= 4 is 32.9 Å². The van der Waals surface area contributed by atoms with Gasteiger partial charge in [-0.3, -0.25) is 0 Å². The summed E-state index contributed by atoms with van der Waals surface area (Å²) in [6, 6.07) is 7.51. The van der Waals surface area contributed by atoms with Gasteiger partial charge in [0.15, 0.2) is 14.9 Å². The zero-order valence-corrected chi connectivity index (χ0v) is 16.8. The molecule has 6 nitrogen and oxygen atoms in total. The third-order valence-corrected chi connectivity index (χ3v) is 6.39. The minimum absolute atomic E-state index is 0.0484. The lowest BCUT2D eigenvalue weighted by atomic mass is 10.2. The van der Waals surface area contributed by atoms with Crippen molar-refractivity contribution < 1.29 is 18.1 Å². The summed E-state index contributed by atoms with van der Waals surface area (Å²) in [5, 5.41) is 3.81. The van der Waals surface area contributed by atoms with Gasteiger partial charge >= 0.3 is 0 Å². The van der Waals surface area contributed by atoms with Crippen molar-refractivity contribution in [1.82, 2.24) is 4.90 Å². The number of sulfone groups is 1. The molecule has 1 aliphatic rings. The van der Waals surface area contributed by atoms with E-state index >= 15 is 0 Å². The molecule has 0 unspecified atom stereocenters. The second kappa shape index (κ2) is 8.82. The number of thiocarbonyl (C=S) groups is 1. The van der Waals surface area contributed by atoms with E-state index in [1.54, 1.807) is 7.11 Å². The lowest BCUT2D eigenvalue weighted by molar-refractivity contribution is -0.858. The van der Waals surface area contributed by atoms with Gasteiger partial charge in [-0.05, 0) is 30.8 Å². The Kier molecular flexibility index (Phi) is 7.04. The molecule has 1 aromatic carbocycles. The first-order valence-electron chi connectivity index (χ1n) is 8.52. The van der Waals surface area contributed by atoms with Crippen molar-refractivity contribution in [3.05, 3.63) is 24.3 Å². The summed E-state index contributed by atoms with van der Waals surface area (Å²) < 4.78 is 29.0. The van der Waals surface area contributed by atoms with Crippen molar-refractivity contribution in [3.63, 3.8) is 0 Å². The maximum atomic E-state index is 11.9. The number of rotatable bonds is 7. The predicted molar refractivity (Wildman–Crippen MR) is 105 cm³/mol. The minimum Gasteiger partial charge on any atom is -0.497 e. The number of nitrogens with zero attached hydrogens (tertiary/aromatic N) is 1. The Morgan fingerprint density at radius 1 is 1.44 bits per heavy atom. The molecule has 140 valence electrons. The molecule has 0 aliphatic carbocycles. The van der Waals surface area contributed by atoms with E-state index in [1.807, 2.05) is 29.2 Å². The van der Waals surface area contributed by atoms with Crippen LogP contribution < -0.4 is 15.0 Å². The molecule has 0 radical (unpaired) electrons. The number of benzene rings is 1. The van der Waals surface area contributed by atoms with E-state index in [1.165, 1.54) is 4.90 Å². The topological polar surface area (TPSA) is 63.1 Å². The highest BCUT2D eigenvalue weighted by Crippen LogP contribution is 2.21. The lowest BCUT2D eigenvalue weighted by Crippen LogP contribution is -3.05. The fourth-order valence-electron chi connectivity index (χ4n) is 2.97. The Balaban J connectivity index is 2.08. The third-order valence-electron chi connectivity index (χ3n) is 4.31. The SMILES string of the molecule is COc1cccc(NC(=S)N(CCC[NH+](C)C)[C@@H]2CCS(=O)(=O)C2)c1. The van der Waals surface area contributed by atoms with Crippen LogP contribution in [0.5, 0.6) is 5.75 Å². The highest BCUT2D eigenvalue weighted by Gasteiger charge is 2.33. The lowest BCUT2D eigenvalue weighted by Gasteiger charge is -2.31. The summed E-state index contributed by atoms with van der Waals surface area (Å²) >= 11 is 5.60. The fourth-order valence-corrected chi connectivity index (χ4v) is 5.06. The molecule has 0 spiro atoms. The van der Waals surface area contributed by atoms with Gasteiger partial charge in [0, 0.05) is 30.8 Å². The van der Waals surface area contributed by atoms with E-state index < -0.39 is 9.84 Å². The first-order valence-corrected chi connectivity index (χ1v) is 10.7. The van der Waals surface area contributed by atoms with Crippen molar-refractivity contribution in [2.24, 2.45) is 0 Å². The van der Waals surface area contributed by atoms with E-state index in [0.717, 1.165) is 30.9 Å². The first-order chi connectivity index (χ1) is 11.8. The molecule has 0 saturated carbocycles. The molecule has 8 heteroatoms. The van der Waals surface area contributed by atoms with Crippen LogP contribution in [-0.2, 0) is 9.84 Å². The zero-order valence-electron chi connectivity index (χ0n) is 15.1. The van der Waals surface area contributed by atoms with Crippen LogP contribution in [0, 0.1) is 0 Å². The Bertz CT molecular complexity index is 692. The monoisotopic (exact) mass is 386 g/mol. The summed E-state index contributed by atoms with van der Waals surface area (Å²) in [6.07, 6.45) is 1.59. The average molecular weight is 387 g/mol. The summed E-state index contributed by atoms with van der Waals surface area (Å²) in [6.45, 7) is 1.76. The maximum Gasteiger partial charge on any atom is 0.173 e. The fraction of sp³-hybridized carbons (Fsp3) is 0.588. The molecule has 1 aromatic rings. The average Bonchev–Trinajstić information content (AvgIpc) is 2.91. The normalized spacial score (nSPS) is 19.0. The van der Waals surface area contributed by atoms with E-state index in [2.05, 4.69) is 19.4 Å². The molecule has 2 N–H and O–H groups in total. The molecule has 1 atom stereocenters. The molecule has 0 aromatic heterocycles. The molecule has 1 saturated heterocycles. The number of hydrogen-bond acceptors (Lipinski definition) is 4. The molecule has 0 amide bonds. The van der Waals surface area contributed by atoms with Gasteiger partial charge in [-0.2, -0.15) is 0 Å². The van der Waals surface area contributed by atoms with Crippen LogP contribution >= 0.6 is 12.2 Å². The van der Waals surface area contributed by atoms with Gasteiger partial charge in [-0.15, -0.1) is 0 Å². The predicted octanol–water partition coefficient (Wildman–Crippen LogP) is 0.416. The summed E-state index contributed by atoms with van der Waals surface area (Å²) in [4.78, 5) is 3.41. The van der Waals surface area contributed by atoms with Gasteiger partial charge in [0.2, 0.25) is 0 Å². The van der Waals surface area contributed by atoms with Gasteiger partial charge in [-0.1, -0.05) is 6.07 Å². The summed E-state index contributed by atoms with van der Waals surface area (Å²) in [7, 11) is 2.89. The highest BCUT2D eigenvalue weighted by molar-refractivity contribution is 7.91. The summed E-state index contributed by atoms with van der Waals surface area (Å²) in [5.74, 6) is 1.18. The molecule has 25 heavy (non-hydrogen) atoms. The molecular formula is C17H28N3O3S2+. The molecule has 1 aliphatic heterocycles. The zero-order chi connectivity index (χ0) is 18.4. The van der Waals surface area contributed by atoms with Crippen LogP contribution in [-0.4, -0.2) is 70.3 Å². The maximum absolute atomic E-state index is 11.9. The van der Waals surface area contributed by atoms with E-state index in [-0.39, 0.29) is 17.5 Å². The molecule has 1 fully saturated rings. The van der Waals surface area contributed by atoms with E-state index in [9.17, 15) is 8.42 Å². The van der Waals surface area contributed by atoms with Gasteiger partial charge in [0.25, 0.3) is 0 Å². The molecule has 1 heterocycles. The Hall–Kier alpha value is -1.38.